The number of hydrogen-bond donors (Lipinski definition) is 6. The van der Waals surface area contributed by atoms with E-state index in [2.05, 4.69) is 111 Å². The maximum Gasteiger partial charge on any atom is 0.246 e. The molecule has 7 atom stereocenters. The summed E-state index contributed by atoms with van der Waals surface area (Å²) in [6, 6.07) is 21.5. The lowest BCUT2D eigenvalue weighted by molar-refractivity contribution is -0.144. The molecule has 2 saturated heterocycles. The Kier molecular flexibility index (Phi) is 32.6. The Morgan fingerprint density at radius 2 is 0.939 bits per heavy atom. The number of rotatable bonds is 29. The molecule has 2 fully saturated rings. The highest BCUT2D eigenvalue weighted by Crippen LogP contribution is 2.32. The number of aryl methyl sites for hydroxylation is 2. The van der Waals surface area contributed by atoms with Crippen molar-refractivity contribution in [3.8, 4) is 20.9 Å². The van der Waals surface area contributed by atoms with Gasteiger partial charge < -0.3 is 60.2 Å². The molecule has 2 aromatic heterocycles. The van der Waals surface area contributed by atoms with Crippen LogP contribution in [-0.4, -0.2) is 168 Å². The zero-order chi connectivity index (χ0) is 72.7. The molecular weight excluding hydrogens is 1280 g/mol. The van der Waals surface area contributed by atoms with E-state index >= 15 is 0 Å². The van der Waals surface area contributed by atoms with Crippen molar-refractivity contribution in [1.82, 2.24) is 41.0 Å². The largest absolute Gasteiger partial charge is 0.391 e. The number of β-amino-alcohol motifs (C(OH)–C–C–N with tert-alkyl or cyclic N) is 2. The second-order valence-electron chi connectivity index (χ2n) is 30.4. The highest BCUT2D eigenvalue weighted by atomic mass is 32.1. The van der Waals surface area contributed by atoms with Crippen LogP contribution in [0.1, 0.15) is 163 Å². The second-order valence-corrected chi connectivity index (χ2v) is 32.2. The summed E-state index contributed by atoms with van der Waals surface area (Å²) in [6.45, 7) is 39.5. The molecule has 0 bridgehead atoms. The minimum Gasteiger partial charge on any atom is -0.391 e. The number of hydrogen-bond acceptors (Lipinski definition) is 16. The molecular formula is C76H114N8O12S2. The molecule has 0 aliphatic carbocycles. The predicted octanol–water partition coefficient (Wildman–Crippen LogP) is 10.9. The van der Waals surface area contributed by atoms with E-state index in [0.717, 1.165) is 55.2 Å². The molecule has 5 aromatic rings. The number of aromatic nitrogens is 2. The number of nitrogens with zero attached hydrogens (tertiary/aromatic N) is 4. The van der Waals surface area contributed by atoms with Crippen molar-refractivity contribution < 1.29 is 57.9 Å². The number of nitrogens with one attached hydrogen (secondary N) is 4. The van der Waals surface area contributed by atoms with Crippen LogP contribution in [0.4, 0.5) is 0 Å². The van der Waals surface area contributed by atoms with Gasteiger partial charge in [-0.15, -0.1) is 22.7 Å². The van der Waals surface area contributed by atoms with Crippen molar-refractivity contribution in [3.05, 3.63) is 117 Å². The Morgan fingerprint density at radius 1 is 0.541 bits per heavy atom. The topological polar surface area (TPSA) is 260 Å². The fourth-order valence-corrected chi connectivity index (χ4v) is 12.7. The Labute approximate surface area is 591 Å². The Morgan fingerprint density at radius 3 is 1.31 bits per heavy atom. The summed E-state index contributed by atoms with van der Waals surface area (Å²) in [5.41, 5.74) is 11.3. The Hall–Kier alpha value is -6.50. The van der Waals surface area contributed by atoms with Gasteiger partial charge in [-0.05, 0) is 93.6 Å². The Balaban J connectivity index is 0.000000295. The molecule has 6 amide bonds. The molecule has 98 heavy (non-hydrogen) atoms. The van der Waals surface area contributed by atoms with E-state index in [1.165, 1.54) is 27.3 Å². The first kappa shape index (κ1) is 82.2. The highest BCUT2D eigenvalue weighted by molar-refractivity contribution is 7.13. The average Bonchev–Trinajstić information content (AvgIpc) is 1.61. The van der Waals surface area contributed by atoms with E-state index in [4.69, 9.17) is 18.9 Å². The number of aliphatic hydroxyl groups is 2. The molecule has 4 heterocycles. The van der Waals surface area contributed by atoms with Gasteiger partial charge in [0.2, 0.25) is 35.4 Å². The zero-order valence-electron chi connectivity index (χ0n) is 61.5. The van der Waals surface area contributed by atoms with Gasteiger partial charge in [0.1, 0.15) is 37.4 Å². The smallest absolute Gasteiger partial charge is 0.246 e. The summed E-state index contributed by atoms with van der Waals surface area (Å²) in [7, 11) is 0. The molecule has 3 aromatic carbocycles. The molecule has 7 rings (SSSR count). The Bertz CT molecular complexity index is 3280. The number of aliphatic hydroxyl groups excluding tert-OH is 2. The molecule has 6 N–H and O–H groups in total. The normalized spacial score (nSPS) is 17.4. The molecule has 20 nitrogen and oxygen atoms in total. The number of thiazole rings is 2. The van der Waals surface area contributed by atoms with Gasteiger partial charge in [-0.3, -0.25) is 28.8 Å². The first-order valence-electron chi connectivity index (χ1n) is 34.5. The van der Waals surface area contributed by atoms with Crippen LogP contribution in [0.15, 0.2) is 83.8 Å². The van der Waals surface area contributed by atoms with E-state index in [1.807, 2.05) is 129 Å². The van der Waals surface area contributed by atoms with Gasteiger partial charge in [0.15, 0.2) is 0 Å². The summed E-state index contributed by atoms with van der Waals surface area (Å²) in [5.74, 6) is 0.0771. The van der Waals surface area contributed by atoms with Crippen LogP contribution < -0.4 is 21.3 Å². The maximum absolute atomic E-state index is 13.7. The number of carbonyl (C=O) groups is 6. The van der Waals surface area contributed by atoms with Gasteiger partial charge in [0.05, 0.1) is 77.4 Å². The summed E-state index contributed by atoms with van der Waals surface area (Å²) in [6.07, 6.45) is -0.205. The summed E-state index contributed by atoms with van der Waals surface area (Å²) in [5, 5.41) is 32.2. The first-order valence-corrected chi connectivity index (χ1v) is 36.3. The fraction of sp³-hybridized carbons (Fsp3) is 0.605. The predicted molar refractivity (Wildman–Crippen MR) is 389 cm³/mol. The first-order chi connectivity index (χ1) is 46.0. The monoisotopic (exact) mass is 1390 g/mol. The van der Waals surface area contributed by atoms with Crippen LogP contribution in [0.2, 0.25) is 0 Å². The molecule has 2 aliphatic rings. The second kappa shape index (κ2) is 38.9. The maximum atomic E-state index is 13.7. The van der Waals surface area contributed by atoms with Crippen molar-refractivity contribution in [1.29, 1.82) is 0 Å². The van der Waals surface area contributed by atoms with Crippen molar-refractivity contribution in [2.24, 2.45) is 34.0 Å². The van der Waals surface area contributed by atoms with Gasteiger partial charge in [-0.25, -0.2) is 9.97 Å². The number of amides is 6. The summed E-state index contributed by atoms with van der Waals surface area (Å²) >= 11 is 3.16. The summed E-state index contributed by atoms with van der Waals surface area (Å²) in [4.78, 5) is 92.6. The van der Waals surface area contributed by atoms with Crippen molar-refractivity contribution in [2.75, 3.05) is 65.9 Å². The minimum absolute atomic E-state index is 0.00950. The molecule has 0 saturated carbocycles. The van der Waals surface area contributed by atoms with Crippen molar-refractivity contribution >= 4 is 58.1 Å². The highest BCUT2D eigenvalue weighted by Gasteiger charge is 2.46. The van der Waals surface area contributed by atoms with Gasteiger partial charge in [-0.1, -0.05) is 184 Å². The number of carbonyl (C=O) groups excluding carboxylic acids is 6. The third kappa shape index (κ3) is 27.2. The SMILES string of the molecule is CC(C)Cc1ccc([C@H](C)C(C)C)cc1.Cc1ncsc1-c1ccc(CNC(=O)[C@@H]2C[C@@H](O)CN2C(=O)[C@@H](NC(=O)COCC(C)C)C(C)(C)C)cc1.Cc1ncsc1-c1ccc(CNC(=O)[C@@H]2C[C@@H](O)CN2C(=O)[C@@H](NC(=O)COCCOCCOCC(C)(C)C)C(C)(C)C)cc1. The third-order valence-electron chi connectivity index (χ3n) is 16.8. The van der Waals surface area contributed by atoms with E-state index in [9.17, 15) is 39.0 Å². The van der Waals surface area contributed by atoms with Crippen LogP contribution in [0.25, 0.3) is 20.9 Å². The fourth-order valence-electron chi connectivity index (χ4n) is 11.0. The average molecular weight is 1400 g/mol. The van der Waals surface area contributed by atoms with Crippen LogP contribution in [0.3, 0.4) is 0 Å². The van der Waals surface area contributed by atoms with Crippen LogP contribution in [0.5, 0.6) is 0 Å². The zero-order valence-corrected chi connectivity index (χ0v) is 63.2. The van der Waals surface area contributed by atoms with Gasteiger partial charge in [0.25, 0.3) is 0 Å². The minimum atomic E-state index is -0.923. The van der Waals surface area contributed by atoms with E-state index in [1.54, 1.807) is 22.7 Å². The number of likely N-dealkylation sites (tertiary alicyclic amines) is 2. The van der Waals surface area contributed by atoms with Gasteiger partial charge in [-0.2, -0.15) is 0 Å². The molecule has 0 radical (unpaired) electrons. The quantitative estimate of drug-likeness (QED) is 0.0243. The standard InChI is InChI=1S/C33H50N4O7S.C28H40N4O5S.C15H24/c1-22-28(45-21-35-22)24-10-8-23(9-11-24)17-34-30(40)26-16-25(38)18-37(26)31(41)29(33(5,6)7)36-27(39)19-43-14-12-42-13-15-44-20-32(2,3)4;1-17(2)14-37-15-23(34)31-25(28(4,5)6)27(36)32-13-21(33)11-22(32)26(35)29-12-19-7-9-20(10-8-19)24-18(3)30-16-38-24;1-11(2)10-14-6-8-15(9-7-14)13(5)12(3)4/h8-11,21,25-26,29,38H,12-20H2,1-7H3,(H,34,40)(H,36,39);7-10,16-17,21-22,25,33H,11-15H2,1-6H3,(H,29,35)(H,31,34);6-9,11-13H,10H2,1-5H3/t25-,26+,29-;21-,22+,25-;13-/m111/s1. The van der Waals surface area contributed by atoms with E-state index in [-0.39, 0.29) is 75.4 Å². The van der Waals surface area contributed by atoms with Crippen molar-refractivity contribution in [3.63, 3.8) is 0 Å². The molecule has 22 heteroatoms. The molecule has 0 spiro atoms. The van der Waals surface area contributed by atoms with Gasteiger partial charge >= 0.3 is 0 Å². The number of ether oxygens (including phenoxy) is 4. The molecule has 2 aliphatic heterocycles. The van der Waals surface area contributed by atoms with Crippen LogP contribution in [-0.2, 0) is 67.2 Å². The lowest BCUT2D eigenvalue weighted by Gasteiger charge is -2.35. The van der Waals surface area contributed by atoms with Crippen molar-refractivity contribution in [2.45, 2.75) is 199 Å². The lowest BCUT2D eigenvalue weighted by Crippen LogP contribution is -2.58. The van der Waals surface area contributed by atoms with Gasteiger partial charge in [0, 0.05) is 45.6 Å². The third-order valence-corrected chi connectivity index (χ3v) is 18.7. The number of benzene rings is 3. The van der Waals surface area contributed by atoms with Crippen LogP contribution in [0, 0.1) is 47.8 Å². The molecule has 0 unspecified atom stereocenters. The molecule has 542 valence electrons. The summed E-state index contributed by atoms with van der Waals surface area (Å²) < 4.78 is 21.9. The lowest BCUT2D eigenvalue weighted by atomic mass is 9.85. The van der Waals surface area contributed by atoms with Crippen LogP contribution >= 0.6 is 22.7 Å². The van der Waals surface area contributed by atoms with E-state index < -0.39 is 70.8 Å². The van der Waals surface area contributed by atoms with E-state index in [0.29, 0.717) is 45.5 Å².